The standard InChI is InChI=1S/C27H31F2N3O4/c1-17(2)15-30-24(33)23-16-36-27(32(23)25(34)19-6-4-5-18(3)13-19)9-11-31(12-10-27)26(35)21-8-7-20(28)14-22(21)29/h4-8,13-14,17,23H,9-12,15-16H2,1-3H3,(H,30,33). The zero-order chi connectivity index (χ0) is 26.0. The third kappa shape index (κ3) is 5.11. The summed E-state index contributed by atoms with van der Waals surface area (Å²) in [5, 5.41) is 2.90. The van der Waals surface area contributed by atoms with Crippen molar-refractivity contribution in [3.8, 4) is 0 Å². The molecule has 2 aliphatic heterocycles. The van der Waals surface area contributed by atoms with Crippen LogP contribution in [0.5, 0.6) is 0 Å². The Labute approximate surface area is 209 Å². The van der Waals surface area contributed by atoms with Crippen molar-refractivity contribution in [3.05, 3.63) is 70.8 Å². The van der Waals surface area contributed by atoms with Crippen LogP contribution in [-0.2, 0) is 9.53 Å². The van der Waals surface area contributed by atoms with Crippen molar-refractivity contribution in [2.45, 2.75) is 45.4 Å². The first-order valence-corrected chi connectivity index (χ1v) is 12.2. The molecule has 1 spiro atoms. The highest BCUT2D eigenvalue weighted by molar-refractivity contribution is 5.99. The van der Waals surface area contributed by atoms with E-state index in [4.69, 9.17) is 4.74 Å². The molecule has 2 heterocycles. The molecule has 0 aromatic heterocycles. The molecule has 3 amide bonds. The quantitative estimate of drug-likeness (QED) is 0.683. The van der Waals surface area contributed by atoms with Gasteiger partial charge in [0.25, 0.3) is 11.8 Å². The lowest BCUT2D eigenvalue weighted by molar-refractivity contribution is -0.128. The van der Waals surface area contributed by atoms with E-state index in [2.05, 4.69) is 5.32 Å². The van der Waals surface area contributed by atoms with E-state index >= 15 is 0 Å². The first kappa shape index (κ1) is 25.8. The smallest absolute Gasteiger partial charge is 0.256 e. The van der Waals surface area contributed by atoms with E-state index in [-0.39, 0.29) is 55.8 Å². The number of ether oxygens (including phenoxy) is 1. The first-order valence-electron chi connectivity index (χ1n) is 12.2. The number of halogens is 2. The Balaban J connectivity index is 1.57. The van der Waals surface area contributed by atoms with Gasteiger partial charge in [-0.1, -0.05) is 31.5 Å². The molecule has 0 aliphatic carbocycles. The van der Waals surface area contributed by atoms with E-state index in [0.717, 1.165) is 17.7 Å². The number of likely N-dealkylation sites (tertiary alicyclic amines) is 1. The molecule has 2 aliphatic rings. The predicted molar refractivity (Wildman–Crippen MR) is 129 cm³/mol. The molecule has 2 fully saturated rings. The van der Waals surface area contributed by atoms with Crippen molar-refractivity contribution in [2.24, 2.45) is 5.92 Å². The van der Waals surface area contributed by atoms with Crippen molar-refractivity contribution >= 4 is 17.7 Å². The normalized spacial score (nSPS) is 19.1. The van der Waals surface area contributed by atoms with Gasteiger partial charge in [-0.05, 0) is 37.1 Å². The van der Waals surface area contributed by atoms with Gasteiger partial charge in [0.15, 0.2) is 0 Å². The van der Waals surface area contributed by atoms with Crippen molar-refractivity contribution < 1.29 is 27.9 Å². The number of piperidine rings is 1. The molecule has 192 valence electrons. The van der Waals surface area contributed by atoms with Gasteiger partial charge in [-0.3, -0.25) is 19.3 Å². The minimum Gasteiger partial charge on any atom is -0.354 e. The van der Waals surface area contributed by atoms with Gasteiger partial charge in [0.05, 0.1) is 12.2 Å². The molecule has 9 heteroatoms. The second-order valence-electron chi connectivity index (χ2n) is 9.87. The topological polar surface area (TPSA) is 79.0 Å². The average Bonchev–Trinajstić information content (AvgIpc) is 3.20. The zero-order valence-corrected chi connectivity index (χ0v) is 20.7. The summed E-state index contributed by atoms with van der Waals surface area (Å²) >= 11 is 0. The Bertz CT molecular complexity index is 1160. The number of carbonyl (C=O) groups is 3. The number of nitrogens with zero attached hydrogens (tertiary/aromatic N) is 2. The fourth-order valence-corrected chi connectivity index (χ4v) is 4.80. The highest BCUT2D eigenvalue weighted by Gasteiger charge is 2.54. The molecule has 2 aromatic rings. The molecular formula is C27H31F2N3O4. The molecule has 1 unspecified atom stereocenters. The third-order valence-corrected chi connectivity index (χ3v) is 6.73. The van der Waals surface area contributed by atoms with Gasteiger partial charge in [0.1, 0.15) is 23.4 Å². The summed E-state index contributed by atoms with van der Waals surface area (Å²) in [6, 6.07) is 9.21. The molecule has 4 rings (SSSR count). The largest absolute Gasteiger partial charge is 0.354 e. The van der Waals surface area contributed by atoms with Crippen molar-refractivity contribution in [1.82, 2.24) is 15.1 Å². The maximum atomic E-state index is 14.2. The Kier molecular flexibility index (Phi) is 7.40. The van der Waals surface area contributed by atoms with Gasteiger partial charge >= 0.3 is 0 Å². The number of nitrogens with one attached hydrogen (secondary N) is 1. The Hall–Kier alpha value is -3.33. The predicted octanol–water partition coefficient (Wildman–Crippen LogP) is 3.52. The summed E-state index contributed by atoms with van der Waals surface area (Å²) in [5.74, 6) is -2.59. The molecule has 1 atom stereocenters. The number of amides is 3. The number of carbonyl (C=O) groups excluding carboxylic acids is 3. The average molecular weight is 500 g/mol. The van der Waals surface area contributed by atoms with Crippen LogP contribution in [0.3, 0.4) is 0 Å². The van der Waals surface area contributed by atoms with Gasteiger partial charge in [-0.25, -0.2) is 8.78 Å². The number of rotatable bonds is 5. The lowest BCUT2D eigenvalue weighted by Gasteiger charge is -2.44. The molecule has 1 N–H and O–H groups in total. The van der Waals surface area contributed by atoms with Gasteiger partial charge in [-0.2, -0.15) is 0 Å². The fraction of sp³-hybridized carbons (Fsp3) is 0.444. The van der Waals surface area contributed by atoms with Crippen molar-refractivity contribution in [2.75, 3.05) is 26.2 Å². The van der Waals surface area contributed by atoms with Crippen LogP contribution in [0.4, 0.5) is 8.78 Å². The second kappa shape index (κ2) is 10.3. The van der Waals surface area contributed by atoms with Crippen LogP contribution in [-0.4, -0.2) is 65.5 Å². The summed E-state index contributed by atoms with van der Waals surface area (Å²) in [6.45, 7) is 6.75. The van der Waals surface area contributed by atoms with Crippen LogP contribution in [0.15, 0.2) is 42.5 Å². The van der Waals surface area contributed by atoms with Crippen LogP contribution in [0.25, 0.3) is 0 Å². The maximum absolute atomic E-state index is 14.2. The molecule has 2 saturated heterocycles. The van der Waals surface area contributed by atoms with Gasteiger partial charge in [-0.15, -0.1) is 0 Å². The van der Waals surface area contributed by atoms with E-state index in [9.17, 15) is 23.2 Å². The Morgan fingerprint density at radius 3 is 2.44 bits per heavy atom. The molecule has 36 heavy (non-hydrogen) atoms. The van der Waals surface area contributed by atoms with E-state index < -0.39 is 29.3 Å². The molecule has 2 aromatic carbocycles. The van der Waals surface area contributed by atoms with Crippen LogP contribution < -0.4 is 5.32 Å². The Morgan fingerprint density at radius 1 is 1.08 bits per heavy atom. The molecular weight excluding hydrogens is 468 g/mol. The summed E-state index contributed by atoms with van der Waals surface area (Å²) in [5.41, 5.74) is 0.0861. The summed E-state index contributed by atoms with van der Waals surface area (Å²) in [6.07, 6.45) is 0.514. The molecule has 0 radical (unpaired) electrons. The Morgan fingerprint density at radius 2 is 1.81 bits per heavy atom. The summed E-state index contributed by atoms with van der Waals surface area (Å²) in [7, 11) is 0. The molecule has 0 saturated carbocycles. The fourth-order valence-electron chi connectivity index (χ4n) is 4.80. The minimum atomic E-state index is -1.07. The summed E-state index contributed by atoms with van der Waals surface area (Å²) < 4.78 is 33.6. The van der Waals surface area contributed by atoms with Crippen LogP contribution >= 0.6 is 0 Å². The lowest BCUT2D eigenvalue weighted by atomic mass is 9.95. The van der Waals surface area contributed by atoms with E-state index in [1.54, 1.807) is 18.2 Å². The van der Waals surface area contributed by atoms with Crippen molar-refractivity contribution in [3.63, 3.8) is 0 Å². The van der Waals surface area contributed by atoms with Crippen LogP contribution in [0, 0.1) is 24.5 Å². The SMILES string of the molecule is Cc1cccc(C(=O)N2C(C(=O)NCC(C)C)COC23CCN(C(=O)c2ccc(F)cc2F)CC3)c1. The first-order chi connectivity index (χ1) is 17.1. The van der Waals surface area contributed by atoms with Crippen molar-refractivity contribution in [1.29, 1.82) is 0 Å². The zero-order valence-electron chi connectivity index (χ0n) is 20.7. The third-order valence-electron chi connectivity index (χ3n) is 6.73. The van der Waals surface area contributed by atoms with E-state index in [0.29, 0.717) is 18.2 Å². The van der Waals surface area contributed by atoms with Gasteiger partial charge in [0, 0.05) is 44.1 Å². The number of benzene rings is 2. The molecule has 7 nitrogen and oxygen atoms in total. The maximum Gasteiger partial charge on any atom is 0.256 e. The summed E-state index contributed by atoms with van der Waals surface area (Å²) in [4.78, 5) is 42.7. The number of hydrogen-bond acceptors (Lipinski definition) is 4. The highest BCUT2D eigenvalue weighted by atomic mass is 19.1. The number of hydrogen-bond donors (Lipinski definition) is 1. The van der Waals surface area contributed by atoms with Crippen LogP contribution in [0.2, 0.25) is 0 Å². The second-order valence-corrected chi connectivity index (χ2v) is 9.87. The lowest BCUT2D eigenvalue weighted by Crippen LogP contribution is -2.60. The molecule has 0 bridgehead atoms. The van der Waals surface area contributed by atoms with Gasteiger partial charge < -0.3 is 15.0 Å². The van der Waals surface area contributed by atoms with Gasteiger partial charge in [0.2, 0.25) is 5.91 Å². The minimum absolute atomic E-state index is 0.0437. The monoisotopic (exact) mass is 499 g/mol. The van der Waals surface area contributed by atoms with Crippen LogP contribution in [0.1, 0.15) is 53.0 Å². The highest BCUT2D eigenvalue weighted by Crippen LogP contribution is 2.39. The number of aryl methyl sites for hydroxylation is 1. The van der Waals surface area contributed by atoms with E-state index in [1.807, 2.05) is 26.8 Å². The van der Waals surface area contributed by atoms with E-state index in [1.165, 1.54) is 9.80 Å².